The number of allylic oxidation sites excluding steroid dienone is 2. The van der Waals surface area contributed by atoms with Gasteiger partial charge in [0.1, 0.15) is 0 Å². The van der Waals surface area contributed by atoms with E-state index in [1.54, 1.807) is 0 Å². The summed E-state index contributed by atoms with van der Waals surface area (Å²) >= 11 is 26.8. The molecule has 0 N–H and O–H groups in total. The lowest BCUT2D eigenvalue weighted by Crippen LogP contribution is -2.38. The van der Waals surface area contributed by atoms with Crippen molar-refractivity contribution in [2.24, 2.45) is 0 Å². The van der Waals surface area contributed by atoms with E-state index in [1.807, 2.05) is 0 Å². The first-order valence-corrected chi connectivity index (χ1v) is 4.57. The number of rotatable bonds is 0. The summed E-state index contributed by atoms with van der Waals surface area (Å²) in [6.45, 7) is 0. The van der Waals surface area contributed by atoms with Crippen molar-refractivity contribution in [3.05, 3.63) is 10.9 Å². The maximum absolute atomic E-state index is 12.9. The Morgan fingerprint density at radius 1 is 1.17 bits per heavy atom. The summed E-state index contributed by atoms with van der Waals surface area (Å²) in [6, 6.07) is 0. The minimum Gasteiger partial charge on any atom is -0.236 e. The summed E-state index contributed by atoms with van der Waals surface area (Å²) < 4.78 is 21.2. The molecule has 12 heavy (non-hydrogen) atoms. The Kier molecular flexibility index (Phi) is 2.81. The highest BCUT2D eigenvalue weighted by molar-refractivity contribution is 6.67. The zero-order valence-electron chi connectivity index (χ0n) is 5.22. The highest BCUT2D eigenvalue weighted by atomic mass is 35.5. The summed E-state index contributed by atoms with van der Waals surface area (Å²) in [6.07, 6.45) is -2.30. The molecule has 0 saturated heterocycles. The second-order valence-corrected chi connectivity index (χ2v) is 5.31. The van der Waals surface area contributed by atoms with E-state index in [1.165, 1.54) is 0 Å². The molecule has 7 heteroatoms. The standard InChI is InChI=1S/C5HCl5F2/c6-2-1(11)3(12)5(9,10)4(2,7)8/h3H. The predicted molar refractivity (Wildman–Crippen MR) is 47.8 cm³/mol. The fraction of sp³-hybridized carbons (Fsp3) is 0.600. The Balaban J connectivity index is 3.22. The van der Waals surface area contributed by atoms with Gasteiger partial charge in [0, 0.05) is 0 Å². The van der Waals surface area contributed by atoms with Crippen LogP contribution >= 0.6 is 58.0 Å². The molecule has 0 nitrogen and oxygen atoms in total. The van der Waals surface area contributed by atoms with E-state index in [2.05, 4.69) is 0 Å². The lowest BCUT2D eigenvalue weighted by atomic mass is 10.3. The first-order chi connectivity index (χ1) is 5.23. The lowest BCUT2D eigenvalue weighted by Gasteiger charge is -2.26. The van der Waals surface area contributed by atoms with Gasteiger partial charge in [-0.2, -0.15) is 0 Å². The Bertz CT molecular complexity index is 246. The van der Waals surface area contributed by atoms with E-state index >= 15 is 0 Å². The molecule has 0 aromatic carbocycles. The van der Waals surface area contributed by atoms with Crippen LogP contribution in [-0.2, 0) is 0 Å². The van der Waals surface area contributed by atoms with Crippen molar-refractivity contribution in [1.29, 1.82) is 0 Å². The fourth-order valence-corrected chi connectivity index (χ4v) is 1.82. The third kappa shape index (κ3) is 1.24. The SMILES string of the molecule is FC1=C(Cl)C(Cl)(Cl)C(Cl)(Cl)C1F. The molecule has 0 spiro atoms. The van der Waals surface area contributed by atoms with E-state index < -0.39 is 25.7 Å². The van der Waals surface area contributed by atoms with Gasteiger partial charge in [-0.25, -0.2) is 8.78 Å². The summed E-state index contributed by atoms with van der Waals surface area (Å²) in [5, 5.41) is -0.705. The molecule has 0 aliphatic heterocycles. The number of alkyl halides is 5. The van der Waals surface area contributed by atoms with Crippen LogP contribution in [0, 0.1) is 0 Å². The number of halogens is 7. The predicted octanol–water partition coefficient (Wildman–Crippen LogP) is 4.11. The van der Waals surface area contributed by atoms with Crippen LogP contribution in [0.2, 0.25) is 0 Å². The number of hydrogen-bond acceptors (Lipinski definition) is 0. The average Bonchev–Trinajstić information content (AvgIpc) is 2.05. The molecule has 0 saturated carbocycles. The third-order valence-electron chi connectivity index (χ3n) is 1.44. The third-order valence-corrected chi connectivity index (χ3v) is 4.41. The van der Waals surface area contributed by atoms with Gasteiger partial charge in [0.2, 0.25) is 0 Å². The largest absolute Gasteiger partial charge is 0.236 e. The van der Waals surface area contributed by atoms with Gasteiger partial charge in [-0.05, 0) is 0 Å². The van der Waals surface area contributed by atoms with Crippen molar-refractivity contribution < 1.29 is 8.78 Å². The van der Waals surface area contributed by atoms with Gasteiger partial charge < -0.3 is 0 Å². The summed E-state index contributed by atoms with van der Waals surface area (Å²) in [5.74, 6) is -1.33. The molecule has 70 valence electrons. The summed E-state index contributed by atoms with van der Waals surface area (Å²) in [7, 11) is 0. The van der Waals surface area contributed by atoms with Crippen molar-refractivity contribution >= 4 is 58.0 Å². The van der Waals surface area contributed by atoms with Crippen LogP contribution in [0.3, 0.4) is 0 Å². The van der Waals surface area contributed by atoms with Crippen LogP contribution < -0.4 is 0 Å². The van der Waals surface area contributed by atoms with Crippen LogP contribution in [-0.4, -0.2) is 14.8 Å². The Hall–Kier alpha value is 1.05. The van der Waals surface area contributed by atoms with Crippen molar-refractivity contribution in [3.63, 3.8) is 0 Å². The smallest absolute Gasteiger partial charge is 0.193 e. The van der Waals surface area contributed by atoms with E-state index in [0.29, 0.717) is 0 Å². The van der Waals surface area contributed by atoms with Crippen molar-refractivity contribution in [2.75, 3.05) is 0 Å². The molecule has 1 aliphatic carbocycles. The monoisotopic (exact) mass is 274 g/mol. The molecule has 1 rings (SSSR count). The molecule has 0 fully saturated rings. The molecule has 1 unspecified atom stereocenters. The Morgan fingerprint density at radius 2 is 1.58 bits per heavy atom. The highest BCUT2D eigenvalue weighted by Gasteiger charge is 2.63. The zero-order chi connectivity index (χ0) is 9.73. The summed E-state index contributed by atoms with van der Waals surface area (Å²) in [4.78, 5) is 0. The molecule has 0 amide bonds. The second-order valence-electron chi connectivity index (χ2n) is 2.22. The van der Waals surface area contributed by atoms with Crippen LogP contribution in [0.1, 0.15) is 0 Å². The first-order valence-electron chi connectivity index (χ1n) is 2.68. The van der Waals surface area contributed by atoms with Gasteiger partial charge in [0.05, 0.1) is 5.03 Å². The van der Waals surface area contributed by atoms with Gasteiger partial charge in [-0.3, -0.25) is 0 Å². The summed E-state index contributed by atoms with van der Waals surface area (Å²) in [5.41, 5.74) is 0. The van der Waals surface area contributed by atoms with Crippen molar-refractivity contribution in [3.8, 4) is 0 Å². The van der Waals surface area contributed by atoms with Crippen molar-refractivity contribution in [2.45, 2.75) is 14.8 Å². The van der Waals surface area contributed by atoms with Gasteiger partial charge >= 0.3 is 0 Å². The van der Waals surface area contributed by atoms with Gasteiger partial charge in [0.25, 0.3) is 0 Å². The normalized spacial score (nSPS) is 32.8. The lowest BCUT2D eigenvalue weighted by molar-refractivity contribution is 0.316. The first kappa shape index (κ1) is 11.1. The maximum atomic E-state index is 12.9. The minimum absolute atomic E-state index is 0.705. The van der Waals surface area contributed by atoms with Crippen molar-refractivity contribution in [1.82, 2.24) is 0 Å². The number of hydrogen-bond donors (Lipinski definition) is 0. The topological polar surface area (TPSA) is 0 Å². The Labute approximate surface area is 92.4 Å². The molecule has 0 bridgehead atoms. The molecule has 0 heterocycles. The molecular weight excluding hydrogens is 275 g/mol. The maximum Gasteiger partial charge on any atom is 0.193 e. The minimum atomic E-state index is -2.30. The molecule has 0 aromatic rings. The van der Waals surface area contributed by atoms with Crippen LogP contribution in [0.5, 0.6) is 0 Å². The molecule has 1 aliphatic rings. The second kappa shape index (κ2) is 3.03. The van der Waals surface area contributed by atoms with Gasteiger partial charge in [-0.1, -0.05) is 58.0 Å². The quantitative estimate of drug-likeness (QED) is 0.584. The van der Waals surface area contributed by atoms with E-state index in [0.717, 1.165) is 0 Å². The molecule has 1 atom stereocenters. The van der Waals surface area contributed by atoms with Crippen LogP contribution in [0.4, 0.5) is 8.78 Å². The van der Waals surface area contributed by atoms with E-state index in [9.17, 15) is 8.78 Å². The molecule has 0 aromatic heterocycles. The van der Waals surface area contributed by atoms with Gasteiger partial charge in [0.15, 0.2) is 20.7 Å². The van der Waals surface area contributed by atoms with Gasteiger partial charge in [-0.15, -0.1) is 0 Å². The van der Waals surface area contributed by atoms with E-state index in [-0.39, 0.29) is 0 Å². The van der Waals surface area contributed by atoms with Crippen LogP contribution in [0.15, 0.2) is 10.9 Å². The zero-order valence-corrected chi connectivity index (χ0v) is 9.00. The highest BCUT2D eigenvalue weighted by Crippen LogP contribution is 2.59. The molecule has 0 radical (unpaired) electrons. The Morgan fingerprint density at radius 3 is 1.67 bits per heavy atom. The molecular formula is C5HCl5F2. The average molecular weight is 276 g/mol. The van der Waals surface area contributed by atoms with Crippen LogP contribution in [0.25, 0.3) is 0 Å². The fourth-order valence-electron chi connectivity index (χ4n) is 0.726. The van der Waals surface area contributed by atoms with E-state index in [4.69, 9.17) is 58.0 Å².